The predicted octanol–water partition coefficient (Wildman–Crippen LogP) is 3.63. The van der Waals surface area contributed by atoms with Gasteiger partial charge in [0.25, 0.3) is 0 Å². The Morgan fingerprint density at radius 2 is 1.91 bits per heavy atom. The molecule has 3 nitrogen and oxygen atoms in total. The van der Waals surface area contributed by atoms with Crippen LogP contribution in [0.1, 0.15) is 17.0 Å². The van der Waals surface area contributed by atoms with Gasteiger partial charge in [-0.15, -0.1) is 11.3 Å². The number of carboxylic acid groups (broad SMARTS) is 1. The summed E-state index contributed by atoms with van der Waals surface area (Å²) in [6.07, 6.45) is 1.63. The second-order valence-electron chi connectivity index (χ2n) is 4.76. The fourth-order valence-corrected chi connectivity index (χ4v) is 3.22. The van der Waals surface area contributed by atoms with E-state index in [1.165, 1.54) is 11.3 Å². The molecule has 0 saturated carbocycles. The summed E-state index contributed by atoms with van der Waals surface area (Å²) in [5.41, 5.74) is 2.37. The topological polar surface area (TPSA) is 53.0 Å². The monoisotopic (exact) mass is 328 g/mol. The van der Waals surface area contributed by atoms with Crippen LogP contribution in [0, 0.1) is 0 Å². The molecular formula is C17H11ClNO2S-. The number of carboxylic acids is 1. The third kappa shape index (κ3) is 3.35. The van der Waals surface area contributed by atoms with Gasteiger partial charge >= 0.3 is 0 Å². The van der Waals surface area contributed by atoms with Crippen LogP contribution in [0.25, 0.3) is 21.9 Å². The molecule has 110 valence electrons. The van der Waals surface area contributed by atoms with Crippen molar-refractivity contribution in [3.8, 4) is 0 Å². The summed E-state index contributed by atoms with van der Waals surface area (Å²) in [5.74, 6) is -1.13. The molecule has 2 aromatic carbocycles. The van der Waals surface area contributed by atoms with Crippen molar-refractivity contribution in [2.75, 3.05) is 0 Å². The number of hydrogen-bond donors (Lipinski definition) is 0. The fourth-order valence-electron chi connectivity index (χ4n) is 2.11. The highest BCUT2D eigenvalue weighted by molar-refractivity contribution is 7.19. The largest absolute Gasteiger partial charge is 0.550 e. The minimum Gasteiger partial charge on any atom is -0.550 e. The maximum atomic E-state index is 11.0. The normalized spacial score (nSPS) is 11.8. The zero-order valence-electron chi connectivity index (χ0n) is 11.5. The third-order valence-electron chi connectivity index (χ3n) is 3.11. The lowest BCUT2D eigenvalue weighted by Crippen LogP contribution is -2.22. The third-order valence-corrected chi connectivity index (χ3v) is 4.48. The summed E-state index contributed by atoms with van der Waals surface area (Å²) in [5, 5.41) is 12.4. The molecule has 0 bridgehead atoms. The molecule has 0 saturated heterocycles. The first-order valence-electron chi connectivity index (χ1n) is 6.64. The molecule has 0 aliphatic heterocycles. The van der Waals surface area contributed by atoms with Crippen LogP contribution in [-0.2, 0) is 4.79 Å². The fraction of sp³-hybridized carbons (Fsp3) is 0.0588. The molecule has 1 heterocycles. The average molecular weight is 329 g/mol. The molecule has 3 rings (SSSR count). The van der Waals surface area contributed by atoms with E-state index in [2.05, 4.69) is 4.98 Å². The van der Waals surface area contributed by atoms with Crippen molar-refractivity contribution in [1.29, 1.82) is 0 Å². The first kappa shape index (κ1) is 14.8. The molecule has 0 fully saturated rings. The van der Waals surface area contributed by atoms with Gasteiger partial charge in [-0.25, -0.2) is 4.98 Å². The lowest BCUT2D eigenvalue weighted by Gasteiger charge is -2.05. The van der Waals surface area contributed by atoms with Crippen LogP contribution in [0.2, 0.25) is 5.02 Å². The van der Waals surface area contributed by atoms with Crippen molar-refractivity contribution in [2.24, 2.45) is 0 Å². The summed E-state index contributed by atoms with van der Waals surface area (Å²) in [6.45, 7) is 0. The van der Waals surface area contributed by atoms with Gasteiger partial charge in [-0.3, -0.25) is 0 Å². The standard InChI is InChI=1S/C17H12ClNO2S/c18-13-7-5-11(6-8-13)9-12(10-16(20)21)17-19-14-3-1-2-4-15(14)22-17/h1-9H,10H2,(H,20,21)/p-1. The number of carbonyl (C=O) groups excluding carboxylic acids is 1. The Kier molecular flexibility index (Phi) is 4.22. The van der Waals surface area contributed by atoms with Gasteiger partial charge in [0, 0.05) is 17.4 Å². The summed E-state index contributed by atoms with van der Waals surface area (Å²) >= 11 is 7.34. The van der Waals surface area contributed by atoms with Gasteiger partial charge in [0.1, 0.15) is 5.01 Å². The molecule has 0 spiro atoms. The zero-order valence-corrected chi connectivity index (χ0v) is 13.0. The number of aromatic nitrogens is 1. The molecule has 0 N–H and O–H groups in total. The highest BCUT2D eigenvalue weighted by atomic mass is 35.5. The number of halogens is 1. The first-order valence-corrected chi connectivity index (χ1v) is 7.83. The van der Waals surface area contributed by atoms with E-state index in [-0.39, 0.29) is 6.42 Å². The SMILES string of the molecule is O=C([O-])CC(=Cc1ccc(Cl)cc1)c1nc2ccccc2s1. The molecule has 0 aliphatic rings. The van der Waals surface area contributed by atoms with Crippen LogP contribution in [0.5, 0.6) is 0 Å². The first-order chi connectivity index (χ1) is 10.6. The Morgan fingerprint density at radius 3 is 2.59 bits per heavy atom. The molecule has 0 radical (unpaired) electrons. The van der Waals surface area contributed by atoms with Gasteiger partial charge in [-0.2, -0.15) is 0 Å². The molecule has 0 unspecified atom stereocenters. The lowest BCUT2D eigenvalue weighted by atomic mass is 10.1. The van der Waals surface area contributed by atoms with E-state index in [0.717, 1.165) is 15.8 Å². The van der Waals surface area contributed by atoms with Crippen LogP contribution in [0.4, 0.5) is 0 Å². The number of para-hydroxylation sites is 1. The number of fused-ring (bicyclic) bond motifs is 1. The van der Waals surface area contributed by atoms with Crippen molar-refractivity contribution in [3.63, 3.8) is 0 Å². The van der Waals surface area contributed by atoms with Crippen LogP contribution in [0.15, 0.2) is 48.5 Å². The Labute approximate surface area is 136 Å². The number of hydrogen-bond acceptors (Lipinski definition) is 4. The van der Waals surface area contributed by atoms with E-state index >= 15 is 0 Å². The van der Waals surface area contributed by atoms with Crippen LogP contribution < -0.4 is 5.11 Å². The molecule has 1 aromatic heterocycles. The Bertz CT molecular complexity index is 819. The van der Waals surface area contributed by atoms with Gasteiger partial charge < -0.3 is 9.90 Å². The van der Waals surface area contributed by atoms with Gasteiger partial charge in [-0.05, 0) is 41.5 Å². The van der Waals surface area contributed by atoms with Crippen molar-refractivity contribution in [3.05, 3.63) is 64.1 Å². The number of benzene rings is 2. The average Bonchev–Trinajstić information content (AvgIpc) is 2.92. The van der Waals surface area contributed by atoms with Gasteiger partial charge in [0.15, 0.2) is 0 Å². The minimum atomic E-state index is -1.13. The van der Waals surface area contributed by atoms with Crippen LogP contribution >= 0.6 is 22.9 Å². The molecule has 22 heavy (non-hydrogen) atoms. The van der Waals surface area contributed by atoms with Gasteiger partial charge in [-0.1, -0.05) is 35.9 Å². The van der Waals surface area contributed by atoms with Crippen LogP contribution in [-0.4, -0.2) is 11.0 Å². The second-order valence-corrected chi connectivity index (χ2v) is 6.22. The minimum absolute atomic E-state index is 0.178. The zero-order chi connectivity index (χ0) is 15.5. The number of aliphatic carboxylic acids is 1. The highest BCUT2D eigenvalue weighted by Crippen LogP contribution is 2.30. The second kappa shape index (κ2) is 6.30. The number of nitrogens with zero attached hydrogens (tertiary/aromatic N) is 1. The molecule has 0 amide bonds. The summed E-state index contributed by atoms with van der Waals surface area (Å²) < 4.78 is 1.03. The number of thiazole rings is 1. The van der Waals surface area contributed by atoms with E-state index in [4.69, 9.17) is 11.6 Å². The maximum absolute atomic E-state index is 11.0. The van der Waals surface area contributed by atoms with Crippen molar-refractivity contribution in [1.82, 2.24) is 4.98 Å². The summed E-state index contributed by atoms with van der Waals surface area (Å²) in [6, 6.07) is 14.9. The molecule has 0 atom stereocenters. The van der Waals surface area contributed by atoms with Gasteiger partial charge in [0.05, 0.1) is 10.2 Å². The lowest BCUT2D eigenvalue weighted by molar-refractivity contribution is -0.304. The Hall–Kier alpha value is -2.17. The van der Waals surface area contributed by atoms with Gasteiger partial charge in [0.2, 0.25) is 0 Å². The molecular weight excluding hydrogens is 318 g/mol. The van der Waals surface area contributed by atoms with Crippen molar-refractivity contribution in [2.45, 2.75) is 6.42 Å². The highest BCUT2D eigenvalue weighted by Gasteiger charge is 2.09. The van der Waals surface area contributed by atoms with E-state index in [1.54, 1.807) is 12.1 Å². The van der Waals surface area contributed by atoms with Crippen molar-refractivity contribution < 1.29 is 9.90 Å². The molecule has 0 aliphatic carbocycles. The summed E-state index contributed by atoms with van der Waals surface area (Å²) in [7, 11) is 0. The maximum Gasteiger partial charge on any atom is 0.120 e. The Balaban J connectivity index is 2.05. The summed E-state index contributed by atoms with van der Waals surface area (Å²) in [4.78, 5) is 15.6. The quantitative estimate of drug-likeness (QED) is 0.735. The van der Waals surface area contributed by atoms with E-state index in [0.29, 0.717) is 15.6 Å². The Morgan fingerprint density at radius 1 is 1.18 bits per heavy atom. The predicted molar refractivity (Wildman–Crippen MR) is 88.6 cm³/mol. The molecule has 5 heteroatoms. The van der Waals surface area contributed by atoms with E-state index in [1.807, 2.05) is 42.5 Å². The van der Waals surface area contributed by atoms with Crippen LogP contribution in [0.3, 0.4) is 0 Å². The van der Waals surface area contributed by atoms with E-state index < -0.39 is 5.97 Å². The molecule has 3 aromatic rings. The number of carbonyl (C=O) groups is 1. The van der Waals surface area contributed by atoms with Crippen molar-refractivity contribution >= 4 is 50.8 Å². The van der Waals surface area contributed by atoms with E-state index in [9.17, 15) is 9.90 Å². The number of rotatable bonds is 4. The smallest absolute Gasteiger partial charge is 0.120 e.